The topological polar surface area (TPSA) is 38.7 Å². The second-order valence-electron chi connectivity index (χ2n) is 5.74. The van der Waals surface area contributed by atoms with Crippen molar-refractivity contribution >= 4 is 0 Å². The molecule has 1 heterocycles. The Morgan fingerprint density at radius 2 is 2.00 bits per heavy atom. The maximum absolute atomic E-state index is 10.1. The van der Waals surface area contributed by atoms with Crippen molar-refractivity contribution in [2.24, 2.45) is 11.8 Å². The van der Waals surface area contributed by atoms with Gasteiger partial charge in [0, 0.05) is 11.8 Å². The smallest absolute Gasteiger partial charge is 0.108 e. The van der Waals surface area contributed by atoms with Gasteiger partial charge in [0.1, 0.15) is 6.10 Å². The number of rotatable bonds is 5. The minimum absolute atomic E-state index is 0.00414. The summed E-state index contributed by atoms with van der Waals surface area (Å²) in [5, 5.41) is 10.1. The Balaban J connectivity index is 1.82. The number of hydrogen-bond acceptors (Lipinski definition) is 3. The summed E-state index contributed by atoms with van der Waals surface area (Å²) in [6.45, 7) is 7.27. The van der Waals surface area contributed by atoms with Gasteiger partial charge in [0.05, 0.1) is 25.6 Å². The molecular formula is C17H24O3. The summed E-state index contributed by atoms with van der Waals surface area (Å²) in [4.78, 5) is 0. The van der Waals surface area contributed by atoms with E-state index in [0.29, 0.717) is 13.2 Å². The van der Waals surface area contributed by atoms with Gasteiger partial charge in [0.15, 0.2) is 0 Å². The van der Waals surface area contributed by atoms with Crippen LogP contribution >= 0.6 is 0 Å². The van der Waals surface area contributed by atoms with Crippen LogP contribution in [0.25, 0.3) is 0 Å². The van der Waals surface area contributed by atoms with E-state index >= 15 is 0 Å². The van der Waals surface area contributed by atoms with Gasteiger partial charge < -0.3 is 14.6 Å². The second kappa shape index (κ2) is 6.91. The first-order chi connectivity index (χ1) is 9.59. The third-order valence-corrected chi connectivity index (χ3v) is 3.95. The summed E-state index contributed by atoms with van der Waals surface area (Å²) in [6.07, 6.45) is 1.28. The molecule has 0 unspecified atom stereocenters. The summed E-state index contributed by atoms with van der Waals surface area (Å²) < 4.78 is 11.5. The van der Waals surface area contributed by atoms with E-state index in [-0.39, 0.29) is 17.9 Å². The second-order valence-corrected chi connectivity index (χ2v) is 5.74. The van der Waals surface area contributed by atoms with Crippen molar-refractivity contribution in [3.63, 3.8) is 0 Å². The van der Waals surface area contributed by atoms with Crippen LogP contribution < -0.4 is 0 Å². The molecule has 3 nitrogen and oxygen atoms in total. The molecule has 0 aromatic heterocycles. The Labute approximate surface area is 121 Å². The van der Waals surface area contributed by atoms with Crippen LogP contribution in [0.5, 0.6) is 0 Å². The standard InChI is InChI=1S/C17H24O3/c1-12-10-20-17(14(3)16(12)18)13(2)9-19-11-15-7-5-4-6-8-15/h4-8,10,13-14,16-18H,9,11H2,1-3H3/t13-,14-,16-,17-/m1/s1. The minimum atomic E-state index is -0.412. The van der Waals surface area contributed by atoms with Crippen LogP contribution in [0, 0.1) is 11.8 Å². The van der Waals surface area contributed by atoms with Crippen LogP contribution in [-0.4, -0.2) is 23.9 Å². The zero-order valence-corrected chi connectivity index (χ0v) is 12.5. The van der Waals surface area contributed by atoms with Crippen molar-refractivity contribution in [2.75, 3.05) is 6.61 Å². The predicted molar refractivity (Wildman–Crippen MR) is 79.1 cm³/mol. The molecule has 110 valence electrons. The van der Waals surface area contributed by atoms with Gasteiger partial charge in [-0.2, -0.15) is 0 Å². The largest absolute Gasteiger partial charge is 0.497 e. The molecule has 3 heteroatoms. The molecule has 1 N–H and O–H groups in total. The zero-order valence-electron chi connectivity index (χ0n) is 12.5. The van der Waals surface area contributed by atoms with Gasteiger partial charge in [-0.1, -0.05) is 44.2 Å². The molecule has 0 saturated heterocycles. The normalized spacial score (nSPS) is 27.6. The van der Waals surface area contributed by atoms with E-state index in [1.54, 1.807) is 6.26 Å². The van der Waals surface area contributed by atoms with E-state index in [4.69, 9.17) is 9.47 Å². The Kier molecular flexibility index (Phi) is 5.21. The Hall–Kier alpha value is -1.32. The van der Waals surface area contributed by atoms with Gasteiger partial charge in [-0.3, -0.25) is 0 Å². The molecule has 0 radical (unpaired) electrons. The van der Waals surface area contributed by atoms with Crippen LogP contribution in [0.2, 0.25) is 0 Å². The molecule has 0 aliphatic carbocycles. The van der Waals surface area contributed by atoms with Crippen LogP contribution in [0.15, 0.2) is 42.2 Å². The highest BCUT2D eigenvalue weighted by atomic mass is 16.5. The molecule has 0 fully saturated rings. The summed E-state index contributed by atoms with van der Waals surface area (Å²) in [6, 6.07) is 10.1. The van der Waals surface area contributed by atoms with Crippen molar-refractivity contribution in [3.05, 3.63) is 47.7 Å². The minimum Gasteiger partial charge on any atom is -0.497 e. The number of ether oxygens (including phenoxy) is 2. The van der Waals surface area contributed by atoms with E-state index < -0.39 is 6.10 Å². The first kappa shape index (κ1) is 15.1. The van der Waals surface area contributed by atoms with Crippen molar-refractivity contribution < 1.29 is 14.6 Å². The molecule has 2 rings (SSSR count). The van der Waals surface area contributed by atoms with Crippen LogP contribution in [0.1, 0.15) is 26.3 Å². The van der Waals surface area contributed by atoms with E-state index in [1.165, 1.54) is 5.56 Å². The molecule has 1 aromatic rings. The lowest BCUT2D eigenvalue weighted by Crippen LogP contribution is -2.40. The van der Waals surface area contributed by atoms with Gasteiger partial charge in [-0.25, -0.2) is 0 Å². The van der Waals surface area contributed by atoms with Crippen LogP contribution in [-0.2, 0) is 16.1 Å². The quantitative estimate of drug-likeness (QED) is 0.898. The third kappa shape index (κ3) is 3.62. The maximum Gasteiger partial charge on any atom is 0.108 e. The highest BCUT2D eigenvalue weighted by Crippen LogP contribution is 2.28. The highest BCUT2D eigenvalue weighted by Gasteiger charge is 2.33. The fourth-order valence-electron chi connectivity index (χ4n) is 2.66. The Bertz CT molecular complexity index is 441. The van der Waals surface area contributed by atoms with Gasteiger partial charge in [-0.15, -0.1) is 0 Å². The average molecular weight is 276 g/mol. The van der Waals surface area contributed by atoms with Gasteiger partial charge in [0.2, 0.25) is 0 Å². The van der Waals surface area contributed by atoms with Crippen LogP contribution in [0.4, 0.5) is 0 Å². The lowest BCUT2D eigenvalue weighted by Gasteiger charge is -2.35. The average Bonchev–Trinajstić information content (AvgIpc) is 2.46. The molecular weight excluding hydrogens is 252 g/mol. The fourth-order valence-corrected chi connectivity index (χ4v) is 2.66. The number of aliphatic hydroxyl groups excluding tert-OH is 1. The first-order valence-corrected chi connectivity index (χ1v) is 7.21. The van der Waals surface area contributed by atoms with E-state index in [9.17, 15) is 5.11 Å². The summed E-state index contributed by atoms with van der Waals surface area (Å²) >= 11 is 0. The zero-order chi connectivity index (χ0) is 14.5. The van der Waals surface area contributed by atoms with E-state index in [0.717, 1.165) is 5.57 Å². The molecule has 1 aliphatic heterocycles. The SMILES string of the molecule is CC1=CO[C@H]([C@H](C)COCc2ccccc2)[C@H](C)[C@@H]1O. The Morgan fingerprint density at radius 3 is 2.70 bits per heavy atom. The van der Waals surface area contributed by atoms with Gasteiger partial charge >= 0.3 is 0 Å². The number of aliphatic hydroxyl groups is 1. The number of hydrogen-bond donors (Lipinski definition) is 1. The lowest BCUT2D eigenvalue weighted by atomic mass is 9.85. The van der Waals surface area contributed by atoms with Gasteiger partial charge in [-0.05, 0) is 18.1 Å². The molecule has 1 aromatic carbocycles. The monoisotopic (exact) mass is 276 g/mol. The lowest BCUT2D eigenvalue weighted by molar-refractivity contribution is -0.0495. The molecule has 0 spiro atoms. The molecule has 1 aliphatic rings. The first-order valence-electron chi connectivity index (χ1n) is 7.21. The maximum atomic E-state index is 10.1. The van der Waals surface area contributed by atoms with Crippen LogP contribution in [0.3, 0.4) is 0 Å². The van der Waals surface area contributed by atoms with Crippen molar-refractivity contribution in [1.29, 1.82) is 0 Å². The summed E-state index contributed by atoms with van der Waals surface area (Å²) in [7, 11) is 0. The van der Waals surface area contributed by atoms with E-state index in [2.05, 4.69) is 19.1 Å². The summed E-state index contributed by atoms with van der Waals surface area (Å²) in [5.41, 5.74) is 2.07. The third-order valence-electron chi connectivity index (χ3n) is 3.95. The summed E-state index contributed by atoms with van der Waals surface area (Å²) in [5.74, 6) is 0.336. The van der Waals surface area contributed by atoms with Gasteiger partial charge in [0.25, 0.3) is 0 Å². The fraction of sp³-hybridized carbons (Fsp3) is 0.529. The Morgan fingerprint density at radius 1 is 1.30 bits per heavy atom. The van der Waals surface area contributed by atoms with Crippen molar-refractivity contribution in [1.82, 2.24) is 0 Å². The predicted octanol–water partition coefficient (Wildman–Crippen LogP) is 3.14. The molecule has 0 saturated carbocycles. The van der Waals surface area contributed by atoms with E-state index in [1.807, 2.05) is 32.0 Å². The molecule has 20 heavy (non-hydrogen) atoms. The highest BCUT2D eigenvalue weighted by molar-refractivity contribution is 5.13. The molecule has 0 amide bonds. The number of benzene rings is 1. The molecule has 4 atom stereocenters. The molecule has 0 bridgehead atoms. The van der Waals surface area contributed by atoms with Crippen molar-refractivity contribution in [3.8, 4) is 0 Å². The van der Waals surface area contributed by atoms with Crippen molar-refractivity contribution in [2.45, 2.75) is 39.6 Å².